The number of carbonyl (C=O) groups excluding carboxylic acids is 1. The van der Waals surface area contributed by atoms with E-state index in [1.807, 2.05) is 0 Å². The first kappa shape index (κ1) is 21.5. The summed E-state index contributed by atoms with van der Waals surface area (Å²) in [5, 5.41) is 0. The number of hydrogen-bond donors (Lipinski definition) is 0. The fraction of sp³-hybridized carbons (Fsp3) is 0.444. The number of methoxy groups -OCH3 is 3. The lowest BCUT2D eigenvalue weighted by Crippen LogP contribution is -2.31. The number of rotatable bonds is 10. The molecule has 0 N–H and O–H groups in total. The van der Waals surface area contributed by atoms with Crippen LogP contribution in [0.25, 0.3) is 5.57 Å². The Morgan fingerprint density at radius 1 is 1.22 bits per heavy atom. The van der Waals surface area contributed by atoms with Gasteiger partial charge in [-0.25, -0.2) is 0 Å². The molecule has 1 saturated heterocycles. The molecular weight excluding hydrogens is 390 g/mol. The number of ether oxygens (including phenoxy) is 5. The molecule has 1 amide bonds. The Kier molecular flexibility index (Phi) is 8.36. The SMILES string of the molecule is C=C(C(=O)N1CCSC1=S)c1cc(OC)c(OCOCCOC)c(OC)c1. The first-order chi connectivity index (χ1) is 13.0. The van der Waals surface area contributed by atoms with Gasteiger partial charge in [0.15, 0.2) is 18.3 Å². The molecule has 1 fully saturated rings. The Morgan fingerprint density at radius 2 is 1.89 bits per heavy atom. The molecule has 1 aromatic carbocycles. The monoisotopic (exact) mass is 413 g/mol. The van der Waals surface area contributed by atoms with Crippen LogP contribution in [0.4, 0.5) is 0 Å². The van der Waals surface area contributed by atoms with Crippen LogP contribution in [0.3, 0.4) is 0 Å². The average molecular weight is 414 g/mol. The standard InChI is InChI=1S/C18H23NO6S2/c1-12(17(20)19-5-8-27-18(19)26)13-9-14(22-3)16(15(10-13)23-4)25-11-24-7-6-21-2/h9-10H,1,5-8,11H2,2-4H3. The van der Waals surface area contributed by atoms with E-state index < -0.39 is 0 Å². The van der Waals surface area contributed by atoms with Gasteiger partial charge in [-0.1, -0.05) is 30.6 Å². The topological polar surface area (TPSA) is 66.5 Å². The summed E-state index contributed by atoms with van der Waals surface area (Å²) in [7, 11) is 4.61. The van der Waals surface area contributed by atoms with Crippen molar-refractivity contribution in [1.29, 1.82) is 0 Å². The van der Waals surface area contributed by atoms with Crippen molar-refractivity contribution in [2.24, 2.45) is 0 Å². The van der Waals surface area contributed by atoms with Crippen molar-refractivity contribution in [1.82, 2.24) is 4.90 Å². The highest BCUT2D eigenvalue weighted by atomic mass is 32.2. The third-order valence-corrected chi connectivity index (χ3v) is 5.22. The second kappa shape index (κ2) is 10.5. The van der Waals surface area contributed by atoms with E-state index in [2.05, 4.69) is 6.58 Å². The van der Waals surface area contributed by atoms with Crippen molar-refractivity contribution in [2.75, 3.05) is 53.6 Å². The van der Waals surface area contributed by atoms with Gasteiger partial charge in [-0.15, -0.1) is 0 Å². The number of hydrogen-bond acceptors (Lipinski definition) is 8. The van der Waals surface area contributed by atoms with E-state index in [-0.39, 0.29) is 12.7 Å². The van der Waals surface area contributed by atoms with Crippen LogP contribution in [-0.4, -0.2) is 68.8 Å². The summed E-state index contributed by atoms with van der Waals surface area (Å²) in [5.74, 6) is 1.76. The van der Waals surface area contributed by atoms with E-state index in [4.69, 9.17) is 35.9 Å². The van der Waals surface area contributed by atoms with Gasteiger partial charge in [0.05, 0.1) is 27.4 Å². The zero-order valence-electron chi connectivity index (χ0n) is 15.6. The first-order valence-corrected chi connectivity index (χ1v) is 9.56. The lowest BCUT2D eigenvalue weighted by molar-refractivity contribution is -0.120. The van der Waals surface area contributed by atoms with Gasteiger partial charge in [-0.3, -0.25) is 9.69 Å². The molecule has 0 spiro atoms. The third-order valence-electron chi connectivity index (χ3n) is 3.79. The fourth-order valence-electron chi connectivity index (χ4n) is 2.36. The molecule has 0 aliphatic carbocycles. The first-order valence-electron chi connectivity index (χ1n) is 8.16. The van der Waals surface area contributed by atoms with Crippen LogP contribution < -0.4 is 14.2 Å². The second-order valence-corrected chi connectivity index (χ2v) is 7.15. The number of amides is 1. The number of carbonyl (C=O) groups is 1. The number of thiocarbonyl (C=S) groups is 1. The largest absolute Gasteiger partial charge is 0.493 e. The van der Waals surface area contributed by atoms with Gasteiger partial charge in [0, 0.05) is 25.0 Å². The van der Waals surface area contributed by atoms with Crippen LogP contribution in [0.1, 0.15) is 5.56 Å². The molecule has 0 atom stereocenters. The maximum Gasteiger partial charge on any atom is 0.259 e. The predicted molar refractivity (Wildman–Crippen MR) is 109 cm³/mol. The molecule has 0 radical (unpaired) electrons. The Morgan fingerprint density at radius 3 is 2.41 bits per heavy atom. The van der Waals surface area contributed by atoms with Crippen molar-refractivity contribution in [2.45, 2.75) is 0 Å². The zero-order valence-corrected chi connectivity index (χ0v) is 17.2. The van der Waals surface area contributed by atoms with Crippen LogP contribution in [0.15, 0.2) is 18.7 Å². The molecule has 27 heavy (non-hydrogen) atoms. The van der Waals surface area contributed by atoms with Crippen molar-refractivity contribution >= 4 is 39.8 Å². The van der Waals surface area contributed by atoms with E-state index in [9.17, 15) is 4.79 Å². The van der Waals surface area contributed by atoms with Crippen molar-refractivity contribution < 1.29 is 28.5 Å². The summed E-state index contributed by atoms with van der Waals surface area (Å²) < 4.78 is 27.2. The van der Waals surface area contributed by atoms with E-state index >= 15 is 0 Å². The molecule has 0 bridgehead atoms. The molecule has 1 aromatic rings. The summed E-state index contributed by atoms with van der Waals surface area (Å²) in [6.45, 7) is 5.39. The van der Waals surface area contributed by atoms with Gasteiger partial charge >= 0.3 is 0 Å². The van der Waals surface area contributed by atoms with Gasteiger partial charge in [-0.2, -0.15) is 0 Å². The van der Waals surface area contributed by atoms with Crippen LogP contribution in [0.5, 0.6) is 17.2 Å². The highest BCUT2D eigenvalue weighted by Crippen LogP contribution is 2.40. The Hall–Kier alpha value is -1.81. The molecular formula is C18H23NO6S2. The molecule has 0 aromatic heterocycles. The zero-order chi connectivity index (χ0) is 19.8. The Balaban J connectivity index is 2.19. The molecule has 9 heteroatoms. The van der Waals surface area contributed by atoms with Gasteiger partial charge in [0.2, 0.25) is 5.75 Å². The molecule has 1 aliphatic rings. The summed E-state index contributed by atoms with van der Waals surface area (Å²) in [4.78, 5) is 14.2. The second-order valence-electron chi connectivity index (χ2n) is 5.42. The average Bonchev–Trinajstić information content (AvgIpc) is 3.12. The molecule has 148 valence electrons. The molecule has 1 heterocycles. The lowest BCUT2D eigenvalue weighted by atomic mass is 10.0. The Labute approximate surface area is 168 Å². The lowest BCUT2D eigenvalue weighted by Gasteiger charge is -2.19. The maximum absolute atomic E-state index is 12.7. The minimum Gasteiger partial charge on any atom is -0.493 e. The van der Waals surface area contributed by atoms with Crippen LogP contribution in [0, 0.1) is 0 Å². The van der Waals surface area contributed by atoms with Crippen molar-refractivity contribution in [3.63, 3.8) is 0 Å². The predicted octanol–water partition coefficient (Wildman–Crippen LogP) is 2.58. The number of thioether (sulfide) groups is 1. The normalized spacial score (nSPS) is 13.6. The van der Waals surface area contributed by atoms with Gasteiger partial charge in [0.1, 0.15) is 4.32 Å². The van der Waals surface area contributed by atoms with Gasteiger partial charge in [-0.05, 0) is 17.7 Å². The van der Waals surface area contributed by atoms with E-state index in [0.29, 0.717) is 52.5 Å². The fourth-order valence-corrected chi connectivity index (χ4v) is 3.57. The highest BCUT2D eigenvalue weighted by Gasteiger charge is 2.27. The van der Waals surface area contributed by atoms with Crippen molar-refractivity contribution in [3.8, 4) is 17.2 Å². The molecule has 1 aliphatic heterocycles. The van der Waals surface area contributed by atoms with Crippen LogP contribution in [0.2, 0.25) is 0 Å². The van der Waals surface area contributed by atoms with Crippen molar-refractivity contribution in [3.05, 3.63) is 24.3 Å². The van der Waals surface area contributed by atoms with Gasteiger partial charge < -0.3 is 23.7 Å². The summed E-state index contributed by atoms with van der Waals surface area (Å²) in [6, 6.07) is 3.36. The number of benzene rings is 1. The molecule has 0 saturated carbocycles. The number of nitrogens with zero attached hydrogens (tertiary/aromatic N) is 1. The van der Waals surface area contributed by atoms with Gasteiger partial charge in [0.25, 0.3) is 5.91 Å². The van der Waals surface area contributed by atoms with E-state index in [1.54, 1.807) is 24.1 Å². The smallest absolute Gasteiger partial charge is 0.259 e. The minimum absolute atomic E-state index is 0.00851. The molecule has 0 unspecified atom stereocenters. The van der Waals surface area contributed by atoms with E-state index in [0.717, 1.165) is 5.75 Å². The quantitative estimate of drug-likeness (QED) is 0.251. The summed E-state index contributed by atoms with van der Waals surface area (Å²) >= 11 is 6.70. The minimum atomic E-state index is -0.231. The Bertz CT molecular complexity index is 684. The van der Waals surface area contributed by atoms with E-state index in [1.165, 1.54) is 26.0 Å². The summed E-state index contributed by atoms with van der Waals surface area (Å²) in [5.41, 5.74) is 0.875. The van der Waals surface area contributed by atoms with Crippen LogP contribution in [-0.2, 0) is 14.3 Å². The maximum atomic E-state index is 12.7. The molecule has 2 rings (SSSR count). The highest BCUT2D eigenvalue weighted by molar-refractivity contribution is 8.23. The molecule has 7 nitrogen and oxygen atoms in total. The third kappa shape index (κ3) is 5.35. The van der Waals surface area contributed by atoms with Crippen LogP contribution >= 0.6 is 24.0 Å². The summed E-state index contributed by atoms with van der Waals surface area (Å²) in [6.07, 6.45) is 0.